The van der Waals surface area contributed by atoms with E-state index in [-0.39, 0.29) is 23.8 Å². The molecule has 2 N–H and O–H groups in total. The number of rotatable bonds is 14. The van der Waals surface area contributed by atoms with Crippen LogP contribution < -0.4 is 10.6 Å². The Hall–Kier alpha value is -3.01. The Morgan fingerprint density at radius 3 is 2.24 bits per heavy atom. The van der Waals surface area contributed by atoms with E-state index < -0.39 is 23.8 Å². The van der Waals surface area contributed by atoms with Gasteiger partial charge in [0, 0.05) is 18.2 Å². The molecule has 1 aromatic rings. The van der Waals surface area contributed by atoms with Gasteiger partial charge in [-0.3, -0.25) is 9.59 Å². The summed E-state index contributed by atoms with van der Waals surface area (Å²) in [5.74, 6) is 2.20. The third-order valence-electron chi connectivity index (χ3n) is 6.06. The first-order chi connectivity index (χ1) is 17.8. The molecule has 0 aromatic heterocycles. The van der Waals surface area contributed by atoms with E-state index in [0.717, 1.165) is 32.1 Å². The fourth-order valence-electron chi connectivity index (χ4n) is 4.39. The number of ether oxygens (including phenoxy) is 1. The van der Waals surface area contributed by atoms with Gasteiger partial charge in [0.1, 0.15) is 17.7 Å². The van der Waals surface area contributed by atoms with Crippen LogP contribution in [0.1, 0.15) is 111 Å². The van der Waals surface area contributed by atoms with Gasteiger partial charge in [0.15, 0.2) is 0 Å². The summed E-state index contributed by atoms with van der Waals surface area (Å²) in [6.45, 7) is 15.8. The number of carbonyl (C=O) groups is 3. The van der Waals surface area contributed by atoms with Crippen LogP contribution in [0.5, 0.6) is 0 Å². The molecule has 0 aliphatic heterocycles. The lowest BCUT2D eigenvalue weighted by molar-refractivity contribution is -0.143. The highest BCUT2D eigenvalue weighted by Crippen LogP contribution is 2.27. The largest absolute Gasteiger partial charge is 0.444 e. The lowest BCUT2D eigenvalue weighted by Crippen LogP contribution is -2.54. The summed E-state index contributed by atoms with van der Waals surface area (Å²) in [4.78, 5) is 42.4. The van der Waals surface area contributed by atoms with Gasteiger partial charge in [-0.05, 0) is 64.5 Å². The van der Waals surface area contributed by atoms with Crippen LogP contribution in [0.15, 0.2) is 24.3 Å². The van der Waals surface area contributed by atoms with Crippen LogP contribution in [-0.2, 0) is 14.3 Å². The molecule has 3 amide bonds. The zero-order valence-corrected chi connectivity index (χ0v) is 24.7. The first-order valence-corrected chi connectivity index (χ1v) is 14.0. The third-order valence-corrected chi connectivity index (χ3v) is 6.06. The van der Waals surface area contributed by atoms with Gasteiger partial charge < -0.3 is 20.3 Å². The van der Waals surface area contributed by atoms with Crippen molar-refractivity contribution in [2.24, 2.45) is 5.92 Å². The summed E-state index contributed by atoms with van der Waals surface area (Å²) in [7, 11) is 0. The molecule has 0 saturated carbocycles. The van der Waals surface area contributed by atoms with Gasteiger partial charge in [-0.15, -0.1) is 6.42 Å². The first kappa shape index (κ1) is 33.0. The Balaban J connectivity index is 3.59. The van der Waals surface area contributed by atoms with Gasteiger partial charge in [-0.25, -0.2) is 4.79 Å². The monoisotopic (exact) mass is 527 g/mol. The molecule has 38 heavy (non-hydrogen) atoms. The lowest BCUT2D eigenvalue weighted by atomic mass is 9.95. The summed E-state index contributed by atoms with van der Waals surface area (Å²) in [6, 6.07) is 5.39. The van der Waals surface area contributed by atoms with Crippen LogP contribution in [0, 0.1) is 18.3 Å². The van der Waals surface area contributed by atoms with Crippen LogP contribution in [0.4, 0.5) is 4.79 Å². The highest BCUT2D eigenvalue weighted by Gasteiger charge is 2.37. The number of nitrogens with zero attached hydrogens (tertiary/aromatic N) is 1. The Bertz CT molecular complexity index is 945. The first-order valence-electron chi connectivity index (χ1n) is 14.0. The standard InChI is InChI=1S/C31H49N3O4/c1-10-13-16-20-34(29(36)26(21-22(4)5)33-30(37)38-31(7,8)9)27(28(35)32-23(6)17-11-2)25-19-15-14-18-24(25)12-3/h3,14-15,18-19,22-23,26-27H,10-11,13,16-17,20-21H2,1-2,4-9H3,(H,32,35)(H,33,37). The molecule has 7 heteroatoms. The molecule has 3 atom stereocenters. The predicted octanol–water partition coefficient (Wildman–Crippen LogP) is 5.97. The number of nitrogens with one attached hydrogen (secondary N) is 2. The highest BCUT2D eigenvalue weighted by molar-refractivity contribution is 5.92. The lowest BCUT2D eigenvalue weighted by Gasteiger charge is -2.36. The summed E-state index contributed by atoms with van der Waals surface area (Å²) < 4.78 is 5.46. The molecule has 1 rings (SSSR count). The summed E-state index contributed by atoms with van der Waals surface area (Å²) in [6.07, 6.45) is 9.88. The van der Waals surface area contributed by atoms with E-state index in [1.54, 1.807) is 31.7 Å². The smallest absolute Gasteiger partial charge is 0.408 e. The summed E-state index contributed by atoms with van der Waals surface area (Å²) >= 11 is 0. The van der Waals surface area contributed by atoms with E-state index >= 15 is 0 Å². The minimum absolute atomic E-state index is 0.0630. The van der Waals surface area contributed by atoms with E-state index in [2.05, 4.69) is 30.4 Å². The molecule has 212 valence electrons. The second kappa shape index (κ2) is 16.1. The zero-order valence-electron chi connectivity index (χ0n) is 24.7. The van der Waals surface area contributed by atoms with Crippen molar-refractivity contribution in [1.29, 1.82) is 0 Å². The fourth-order valence-corrected chi connectivity index (χ4v) is 4.39. The number of benzene rings is 1. The van der Waals surface area contributed by atoms with Crippen molar-refractivity contribution < 1.29 is 19.1 Å². The average molecular weight is 528 g/mol. The van der Waals surface area contributed by atoms with Gasteiger partial charge >= 0.3 is 6.09 Å². The number of carbonyl (C=O) groups excluding carboxylic acids is 3. The molecule has 1 aromatic carbocycles. The van der Waals surface area contributed by atoms with Gasteiger partial charge in [-0.2, -0.15) is 0 Å². The van der Waals surface area contributed by atoms with Gasteiger partial charge in [-0.1, -0.05) is 71.1 Å². The van der Waals surface area contributed by atoms with Crippen LogP contribution >= 0.6 is 0 Å². The maximum Gasteiger partial charge on any atom is 0.408 e. The normalized spacial score (nSPS) is 13.7. The Morgan fingerprint density at radius 2 is 1.68 bits per heavy atom. The van der Waals surface area contributed by atoms with Crippen molar-refractivity contribution in [3.8, 4) is 12.3 Å². The van der Waals surface area contributed by atoms with E-state index in [9.17, 15) is 14.4 Å². The van der Waals surface area contributed by atoms with Crippen LogP contribution in [0.2, 0.25) is 0 Å². The van der Waals surface area contributed by atoms with Crippen molar-refractivity contribution in [1.82, 2.24) is 15.5 Å². The van der Waals surface area contributed by atoms with Gasteiger partial charge in [0.2, 0.25) is 11.8 Å². The molecule has 3 unspecified atom stereocenters. The van der Waals surface area contributed by atoms with E-state index in [4.69, 9.17) is 11.2 Å². The minimum Gasteiger partial charge on any atom is -0.444 e. The Kier molecular flexibility index (Phi) is 14.0. The van der Waals surface area contributed by atoms with Gasteiger partial charge in [0.05, 0.1) is 0 Å². The van der Waals surface area contributed by atoms with Crippen molar-refractivity contribution in [3.63, 3.8) is 0 Å². The van der Waals surface area contributed by atoms with Gasteiger partial charge in [0.25, 0.3) is 0 Å². The van der Waals surface area contributed by atoms with E-state index in [0.29, 0.717) is 24.1 Å². The molecule has 0 aliphatic carbocycles. The highest BCUT2D eigenvalue weighted by atomic mass is 16.6. The number of unbranched alkanes of at least 4 members (excludes halogenated alkanes) is 2. The zero-order chi connectivity index (χ0) is 28.9. The molecular weight excluding hydrogens is 478 g/mol. The van der Waals surface area contributed by atoms with E-state index in [1.165, 1.54) is 0 Å². The predicted molar refractivity (Wildman–Crippen MR) is 153 cm³/mol. The maximum absolute atomic E-state index is 14.2. The molecule has 0 bridgehead atoms. The maximum atomic E-state index is 14.2. The Labute approximate surface area is 230 Å². The number of hydrogen-bond donors (Lipinski definition) is 2. The summed E-state index contributed by atoms with van der Waals surface area (Å²) in [5.41, 5.74) is 0.450. The minimum atomic E-state index is -0.930. The fraction of sp³-hybridized carbons (Fsp3) is 0.645. The second-order valence-corrected chi connectivity index (χ2v) is 11.4. The van der Waals surface area contributed by atoms with Crippen LogP contribution in [0.25, 0.3) is 0 Å². The van der Waals surface area contributed by atoms with E-state index in [1.807, 2.05) is 39.0 Å². The number of terminal acetylenes is 1. The van der Waals surface area contributed by atoms with Crippen LogP contribution in [0.3, 0.4) is 0 Å². The molecule has 0 saturated heterocycles. The molecule has 0 aliphatic rings. The van der Waals surface area contributed by atoms with Crippen LogP contribution in [-0.4, -0.2) is 47.0 Å². The molecule has 0 radical (unpaired) electrons. The molecule has 0 heterocycles. The number of hydrogen-bond acceptors (Lipinski definition) is 4. The number of alkyl carbamates (subject to hydrolysis) is 1. The van der Waals surface area contributed by atoms with Crippen molar-refractivity contribution in [2.45, 2.75) is 118 Å². The molecule has 0 fully saturated rings. The van der Waals surface area contributed by atoms with Crippen molar-refractivity contribution in [2.75, 3.05) is 6.54 Å². The summed E-state index contributed by atoms with van der Waals surface area (Å²) in [5, 5.41) is 5.88. The second-order valence-electron chi connectivity index (χ2n) is 11.4. The van der Waals surface area contributed by atoms with Crippen molar-refractivity contribution in [3.05, 3.63) is 35.4 Å². The molecular formula is C31H49N3O4. The molecule has 7 nitrogen and oxygen atoms in total. The number of amides is 3. The molecule has 0 spiro atoms. The average Bonchev–Trinajstić information content (AvgIpc) is 2.81. The quantitative estimate of drug-likeness (QED) is 0.230. The SMILES string of the molecule is C#Cc1ccccc1C(C(=O)NC(C)CCC)N(CCCCC)C(=O)C(CC(C)C)NC(=O)OC(C)(C)C. The van der Waals surface area contributed by atoms with Crippen molar-refractivity contribution >= 4 is 17.9 Å². The Morgan fingerprint density at radius 1 is 1.03 bits per heavy atom. The third kappa shape index (κ3) is 11.2. The topological polar surface area (TPSA) is 87.7 Å².